The van der Waals surface area contributed by atoms with E-state index in [4.69, 9.17) is 4.74 Å². The van der Waals surface area contributed by atoms with Crippen molar-refractivity contribution in [3.63, 3.8) is 0 Å². The molecule has 2 heteroatoms. The molecule has 1 fully saturated rings. The van der Waals surface area contributed by atoms with Gasteiger partial charge in [-0.15, -0.1) is 0 Å². The lowest BCUT2D eigenvalue weighted by Crippen LogP contribution is -2.35. The second-order valence-corrected chi connectivity index (χ2v) is 3.94. The van der Waals surface area contributed by atoms with Crippen LogP contribution in [0.15, 0.2) is 0 Å². The third-order valence-electron chi connectivity index (χ3n) is 2.80. The highest BCUT2D eigenvalue weighted by Crippen LogP contribution is 2.17. The van der Waals surface area contributed by atoms with Gasteiger partial charge in [-0.1, -0.05) is 20.8 Å². The van der Waals surface area contributed by atoms with Gasteiger partial charge in [0.25, 0.3) is 0 Å². The Balaban J connectivity index is 0.000000921. The highest BCUT2D eigenvalue weighted by atomic mass is 16.5. The molecule has 0 unspecified atom stereocenters. The molecule has 15 heavy (non-hydrogen) atoms. The van der Waals surface area contributed by atoms with Gasteiger partial charge in [-0.25, -0.2) is 0 Å². The van der Waals surface area contributed by atoms with Gasteiger partial charge in [-0.3, -0.25) is 0 Å². The molecule has 0 N–H and O–H groups in total. The Kier molecular flexibility index (Phi) is 10.4. The Morgan fingerprint density at radius 2 is 1.73 bits per heavy atom. The van der Waals surface area contributed by atoms with E-state index in [2.05, 4.69) is 18.7 Å². The van der Waals surface area contributed by atoms with E-state index in [0.29, 0.717) is 0 Å². The number of nitrogens with zero attached hydrogens (tertiary/aromatic N) is 1. The van der Waals surface area contributed by atoms with Crippen molar-refractivity contribution in [1.29, 1.82) is 0 Å². The fourth-order valence-corrected chi connectivity index (χ4v) is 1.98. The van der Waals surface area contributed by atoms with Gasteiger partial charge in [0, 0.05) is 13.2 Å². The number of piperidine rings is 1. The molecule has 0 atom stereocenters. The molecule has 0 aromatic heterocycles. The number of hydrogen-bond donors (Lipinski definition) is 0. The van der Waals surface area contributed by atoms with Crippen LogP contribution in [-0.4, -0.2) is 37.7 Å². The normalized spacial score (nSPS) is 18.4. The average molecular weight is 215 g/mol. The smallest absolute Gasteiger partial charge is 0.0495 e. The largest absolute Gasteiger partial charge is 0.381 e. The van der Waals surface area contributed by atoms with E-state index in [0.717, 1.165) is 19.1 Å². The number of likely N-dealkylation sites (tertiary alicyclic amines) is 1. The number of hydrogen-bond acceptors (Lipinski definition) is 2. The molecule has 1 saturated heterocycles. The highest BCUT2D eigenvalue weighted by molar-refractivity contribution is 4.71. The molecule has 0 bridgehead atoms. The molecule has 0 saturated carbocycles. The van der Waals surface area contributed by atoms with E-state index in [9.17, 15) is 0 Å². The fourth-order valence-electron chi connectivity index (χ4n) is 1.98. The van der Waals surface area contributed by atoms with Gasteiger partial charge in [0.1, 0.15) is 0 Å². The van der Waals surface area contributed by atoms with Crippen molar-refractivity contribution in [2.24, 2.45) is 5.92 Å². The Labute approximate surface area is 96.0 Å². The summed E-state index contributed by atoms with van der Waals surface area (Å²) in [6.45, 7) is 14.0. The Morgan fingerprint density at radius 3 is 2.20 bits per heavy atom. The first-order valence-electron chi connectivity index (χ1n) is 6.66. The molecule has 0 aromatic carbocycles. The lowest BCUT2D eigenvalue weighted by Gasteiger charge is -2.31. The summed E-state index contributed by atoms with van der Waals surface area (Å²) in [5.41, 5.74) is 0. The zero-order valence-corrected chi connectivity index (χ0v) is 11.1. The van der Waals surface area contributed by atoms with Crippen molar-refractivity contribution in [3.05, 3.63) is 0 Å². The summed E-state index contributed by atoms with van der Waals surface area (Å²) in [7, 11) is 0. The van der Waals surface area contributed by atoms with Gasteiger partial charge >= 0.3 is 0 Å². The molecule has 1 rings (SSSR count). The molecular formula is C13H29NO. The Bertz CT molecular complexity index is 120. The van der Waals surface area contributed by atoms with Gasteiger partial charge < -0.3 is 9.64 Å². The van der Waals surface area contributed by atoms with Gasteiger partial charge in [-0.2, -0.15) is 0 Å². The first-order chi connectivity index (χ1) is 7.36. The van der Waals surface area contributed by atoms with Crippen molar-refractivity contribution < 1.29 is 4.74 Å². The minimum absolute atomic E-state index is 0.827. The monoisotopic (exact) mass is 215 g/mol. The van der Waals surface area contributed by atoms with Crippen molar-refractivity contribution in [1.82, 2.24) is 4.90 Å². The molecule has 1 aliphatic rings. The zero-order chi connectivity index (χ0) is 11.5. The second-order valence-electron chi connectivity index (χ2n) is 3.94. The standard InChI is InChI=1S/C11H23NO.C2H6/c1-3-7-12-8-5-11(6-9-12)10-13-4-2;1-2/h11H,3-10H2,1-2H3;1-2H3. The van der Waals surface area contributed by atoms with Crippen molar-refractivity contribution in [3.8, 4) is 0 Å². The van der Waals surface area contributed by atoms with Crippen LogP contribution in [0.25, 0.3) is 0 Å². The predicted octanol–water partition coefficient (Wildman–Crippen LogP) is 3.17. The summed E-state index contributed by atoms with van der Waals surface area (Å²) in [4.78, 5) is 2.57. The number of ether oxygens (including phenoxy) is 1. The molecule has 1 aliphatic heterocycles. The Morgan fingerprint density at radius 1 is 1.13 bits per heavy atom. The molecule has 2 nitrogen and oxygen atoms in total. The van der Waals surface area contributed by atoms with Crippen LogP contribution in [0, 0.1) is 5.92 Å². The van der Waals surface area contributed by atoms with E-state index in [1.54, 1.807) is 0 Å². The molecule has 1 heterocycles. The van der Waals surface area contributed by atoms with Crippen LogP contribution in [0.4, 0.5) is 0 Å². The van der Waals surface area contributed by atoms with Gasteiger partial charge in [0.15, 0.2) is 0 Å². The van der Waals surface area contributed by atoms with Gasteiger partial charge in [0.05, 0.1) is 0 Å². The molecule has 92 valence electrons. The topological polar surface area (TPSA) is 12.5 Å². The maximum atomic E-state index is 5.45. The van der Waals surface area contributed by atoms with Crippen LogP contribution in [0.1, 0.15) is 47.0 Å². The zero-order valence-electron chi connectivity index (χ0n) is 11.1. The van der Waals surface area contributed by atoms with E-state index >= 15 is 0 Å². The fraction of sp³-hybridized carbons (Fsp3) is 1.00. The molecule has 0 aliphatic carbocycles. The van der Waals surface area contributed by atoms with E-state index in [-0.39, 0.29) is 0 Å². The maximum absolute atomic E-state index is 5.45. The van der Waals surface area contributed by atoms with Crippen molar-refractivity contribution in [2.45, 2.75) is 47.0 Å². The summed E-state index contributed by atoms with van der Waals surface area (Å²) in [6, 6.07) is 0. The summed E-state index contributed by atoms with van der Waals surface area (Å²) in [5, 5.41) is 0. The summed E-state index contributed by atoms with van der Waals surface area (Å²) >= 11 is 0. The molecular weight excluding hydrogens is 186 g/mol. The highest BCUT2D eigenvalue weighted by Gasteiger charge is 2.17. The van der Waals surface area contributed by atoms with Crippen LogP contribution in [0.3, 0.4) is 0 Å². The Hall–Kier alpha value is -0.0800. The predicted molar refractivity (Wildman–Crippen MR) is 67.3 cm³/mol. The van der Waals surface area contributed by atoms with Gasteiger partial charge in [0.2, 0.25) is 0 Å². The van der Waals surface area contributed by atoms with Crippen LogP contribution in [-0.2, 0) is 4.74 Å². The molecule has 0 amide bonds. The third kappa shape index (κ3) is 6.91. The summed E-state index contributed by atoms with van der Waals surface area (Å²) < 4.78 is 5.45. The number of rotatable bonds is 5. The van der Waals surface area contributed by atoms with Crippen molar-refractivity contribution in [2.75, 3.05) is 32.8 Å². The molecule has 0 radical (unpaired) electrons. The molecule has 0 aromatic rings. The lowest BCUT2D eigenvalue weighted by molar-refractivity contribution is 0.0742. The minimum atomic E-state index is 0.827. The van der Waals surface area contributed by atoms with Gasteiger partial charge in [-0.05, 0) is 51.7 Å². The quantitative estimate of drug-likeness (QED) is 0.698. The van der Waals surface area contributed by atoms with E-state index < -0.39 is 0 Å². The summed E-state index contributed by atoms with van der Waals surface area (Å²) in [6.07, 6.45) is 3.95. The summed E-state index contributed by atoms with van der Waals surface area (Å²) in [5.74, 6) is 0.827. The maximum Gasteiger partial charge on any atom is 0.0495 e. The van der Waals surface area contributed by atoms with Crippen molar-refractivity contribution >= 4 is 0 Å². The average Bonchev–Trinajstić information content (AvgIpc) is 2.31. The van der Waals surface area contributed by atoms with E-state index in [1.165, 1.54) is 38.9 Å². The lowest BCUT2D eigenvalue weighted by atomic mass is 9.98. The third-order valence-corrected chi connectivity index (χ3v) is 2.80. The SMILES string of the molecule is CC.CCCN1CCC(COCC)CC1. The van der Waals surface area contributed by atoms with Crippen LogP contribution >= 0.6 is 0 Å². The van der Waals surface area contributed by atoms with Crippen LogP contribution in [0.2, 0.25) is 0 Å². The first-order valence-corrected chi connectivity index (χ1v) is 6.66. The molecule has 0 spiro atoms. The second kappa shape index (κ2) is 10.4. The first kappa shape index (κ1) is 14.9. The van der Waals surface area contributed by atoms with E-state index in [1.807, 2.05) is 13.8 Å². The minimum Gasteiger partial charge on any atom is -0.381 e. The van der Waals surface area contributed by atoms with Crippen LogP contribution in [0.5, 0.6) is 0 Å². The van der Waals surface area contributed by atoms with Crippen LogP contribution < -0.4 is 0 Å².